The van der Waals surface area contributed by atoms with Crippen molar-refractivity contribution >= 4 is 12.2 Å². The van der Waals surface area contributed by atoms with E-state index >= 15 is 0 Å². The summed E-state index contributed by atoms with van der Waals surface area (Å²) in [6.07, 6.45) is 3.54. The van der Waals surface area contributed by atoms with Gasteiger partial charge < -0.3 is 9.47 Å². The third-order valence-corrected chi connectivity index (χ3v) is 2.24. The van der Waals surface area contributed by atoms with Gasteiger partial charge in [0.25, 0.3) is 0 Å². The number of aromatic nitrogens is 3. The van der Waals surface area contributed by atoms with E-state index in [4.69, 9.17) is 12.2 Å². The van der Waals surface area contributed by atoms with Gasteiger partial charge in [0.05, 0.1) is 0 Å². The van der Waals surface area contributed by atoms with E-state index in [2.05, 4.69) is 28.6 Å². The minimum atomic E-state index is 0.667. The molecule has 0 aliphatic heterocycles. The van der Waals surface area contributed by atoms with Gasteiger partial charge >= 0.3 is 0 Å². The van der Waals surface area contributed by atoms with Crippen LogP contribution in [0.15, 0.2) is 19.1 Å². The minimum absolute atomic E-state index is 0.667. The van der Waals surface area contributed by atoms with Gasteiger partial charge in [-0.3, -0.25) is 5.10 Å². The van der Waals surface area contributed by atoms with Crippen molar-refractivity contribution in [2.24, 2.45) is 0 Å². The highest BCUT2D eigenvalue weighted by Gasteiger charge is 1.97. The molecule has 1 rings (SSSR count). The zero-order valence-corrected chi connectivity index (χ0v) is 8.55. The normalized spacial score (nSPS) is 9.92. The Morgan fingerprint density at radius 3 is 3.08 bits per heavy atom. The summed E-state index contributed by atoms with van der Waals surface area (Å²) < 4.78 is 2.57. The van der Waals surface area contributed by atoms with Gasteiger partial charge in [0.1, 0.15) is 6.33 Å². The van der Waals surface area contributed by atoms with Crippen molar-refractivity contribution in [1.29, 1.82) is 0 Å². The summed E-state index contributed by atoms with van der Waals surface area (Å²) in [5.74, 6) is 0. The molecule has 0 saturated heterocycles. The summed E-state index contributed by atoms with van der Waals surface area (Å²) in [6.45, 7) is 8.53. The molecule has 4 nitrogen and oxygen atoms in total. The first kappa shape index (κ1) is 9.98. The number of hydrogen-bond donors (Lipinski definition) is 1. The van der Waals surface area contributed by atoms with E-state index in [0.717, 1.165) is 19.6 Å². The monoisotopic (exact) mass is 198 g/mol. The molecule has 0 fully saturated rings. The molecular formula is C8H14N4S. The Morgan fingerprint density at radius 1 is 1.85 bits per heavy atom. The van der Waals surface area contributed by atoms with Crippen molar-refractivity contribution in [2.45, 2.75) is 13.5 Å². The fraction of sp³-hybridized carbons (Fsp3) is 0.500. The van der Waals surface area contributed by atoms with Crippen LogP contribution in [0.5, 0.6) is 0 Å². The Kier molecular flexibility index (Phi) is 3.70. The van der Waals surface area contributed by atoms with Crippen molar-refractivity contribution in [2.75, 3.05) is 13.1 Å². The summed E-state index contributed by atoms with van der Waals surface area (Å²) >= 11 is 5.01. The molecule has 0 aliphatic carbocycles. The van der Waals surface area contributed by atoms with Gasteiger partial charge in [-0.1, -0.05) is 6.58 Å². The highest BCUT2D eigenvalue weighted by atomic mass is 32.1. The van der Waals surface area contributed by atoms with Gasteiger partial charge in [0, 0.05) is 19.6 Å². The van der Waals surface area contributed by atoms with Gasteiger partial charge in [-0.2, -0.15) is 5.10 Å². The zero-order valence-electron chi connectivity index (χ0n) is 7.73. The minimum Gasteiger partial charge on any atom is -0.376 e. The number of nitrogens with zero attached hydrogens (tertiary/aromatic N) is 3. The van der Waals surface area contributed by atoms with Crippen molar-refractivity contribution in [3.8, 4) is 0 Å². The van der Waals surface area contributed by atoms with Crippen LogP contribution < -0.4 is 0 Å². The highest BCUT2D eigenvalue weighted by molar-refractivity contribution is 7.71. The van der Waals surface area contributed by atoms with Gasteiger partial charge in [0.2, 0.25) is 0 Å². The third-order valence-electron chi connectivity index (χ3n) is 1.91. The van der Waals surface area contributed by atoms with Crippen LogP contribution in [0.4, 0.5) is 0 Å². The van der Waals surface area contributed by atoms with Crippen molar-refractivity contribution in [1.82, 2.24) is 19.7 Å². The maximum Gasteiger partial charge on any atom is 0.195 e. The summed E-state index contributed by atoms with van der Waals surface area (Å²) in [5, 5.41) is 6.55. The number of H-pyrrole nitrogens is 1. The molecule has 5 heteroatoms. The van der Waals surface area contributed by atoms with Crippen LogP contribution in [0, 0.1) is 4.77 Å². The Morgan fingerprint density at radius 2 is 2.62 bits per heavy atom. The largest absolute Gasteiger partial charge is 0.376 e. The zero-order chi connectivity index (χ0) is 9.68. The van der Waals surface area contributed by atoms with Gasteiger partial charge in [-0.25, -0.2) is 0 Å². The molecule has 1 heterocycles. The SMILES string of the molecule is C=CN(CC)CCn1cn[nH]c1=S. The molecular weight excluding hydrogens is 184 g/mol. The summed E-state index contributed by atoms with van der Waals surface area (Å²) in [6, 6.07) is 0. The Balaban J connectivity index is 2.47. The summed E-state index contributed by atoms with van der Waals surface area (Å²) in [7, 11) is 0. The first-order chi connectivity index (χ1) is 6.27. The predicted molar refractivity (Wildman–Crippen MR) is 54.9 cm³/mol. The van der Waals surface area contributed by atoms with Crippen LogP contribution in [-0.4, -0.2) is 32.8 Å². The molecule has 1 aromatic rings. The predicted octanol–water partition coefficient (Wildman–Crippen LogP) is 1.41. The first-order valence-corrected chi connectivity index (χ1v) is 4.65. The molecule has 1 N–H and O–H groups in total. The molecule has 0 radical (unpaired) electrons. The second-order valence-corrected chi connectivity index (χ2v) is 3.05. The first-order valence-electron chi connectivity index (χ1n) is 4.24. The van der Waals surface area contributed by atoms with E-state index < -0.39 is 0 Å². The van der Waals surface area contributed by atoms with Crippen LogP contribution in [0.1, 0.15) is 6.92 Å². The Labute approximate surface area is 82.9 Å². The van der Waals surface area contributed by atoms with Crippen molar-refractivity contribution in [3.63, 3.8) is 0 Å². The second-order valence-electron chi connectivity index (χ2n) is 2.67. The Hall–Kier alpha value is -1.10. The topological polar surface area (TPSA) is 36.9 Å². The van der Waals surface area contributed by atoms with E-state index in [1.807, 2.05) is 10.8 Å². The van der Waals surface area contributed by atoms with E-state index in [9.17, 15) is 0 Å². The fourth-order valence-electron chi connectivity index (χ4n) is 1.04. The number of aromatic amines is 1. The second kappa shape index (κ2) is 4.81. The van der Waals surface area contributed by atoms with Gasteiger partial charge in [0.15, 0.2) is 4.77 Å². The Bertz CT molecular complexity index is 314. The molecule has 0 unspecified atom stereocenters. The smallest absolute Gasteiger partial charge is 0.195 e. The van der Waals surface area contributed by atoms with Crippen LogP contribution in [0.25, 0.3) is 0 Å². The van der Waals surface area contributed by atoms with Crippen LogP contribution in [0.2, 0.25) is 0 Å². The molecule has 0 bridgehead atoms. The van der Waals surface area contributed by atoms with Gasteiger partial charge in [-0.15, -0.1) is 0 Å². The summed E-state index contributed by atoms with van der Waals surface area (Å²) in [5.41, 5.74) is 0. The standard InChI is InChI=1S/C8H14N4S/c1-3-11(4-2)5-6-12-7-9-10-8(12)13/h3,7H,1,4-6H2,2H3,(H,10,13). The molecule has 13 heavy (non-hydrogen) atoms. The number of nitrogens with one attached hydrogen (secondary N) is 1. The molecule has 0 saturated carbocycles. The molecule has 0 atom stereocenters. The van der Waals surface area contributed by atoms with Crippen molar-refractivity contribution in [3.05, 3.63) is 23.9 Å². The highest BCUT2D eigenvalue weighted by Crippen LogP contribution is 1.92. The van der Waals surface area contributed by atoms with Crippen LogP contribution in [-0.2, 0) is 6.54 Å². The molecule has 0 amide bonds. The number of hydrogen-bond acceptors (Lipinski definition) is 3. The van der Waals surface area contributed by atoms with E-state index in [1.165, 1.54) is 0 Å². The average Bonchev–Trinajstić information content (AvgIpc) is 2.54. The molecule has 0 aromatic carbocycles. The van der Waals surface area contributed by atoms with E-state index in [1.54, 1.807) is 6.33 Å². The maximum atomic E-state index is 5.01. The lowest BCUT2D eigenvalue weighted by atomic mass is 10.5. The maximum absolute atomic E-state index is 5.01. The lowest BCUT2D eigenvalue weighted by molar-refractivity contribution is 0.373. The molecule has 72 valence electrons. The lowest BCUT2D eigenvalue weighted by Crippen LogP contribution is -2.21. The molecule has 1 aromatic heterocycles. The summed E-state index contributed by atoms with van der Waals surface area (Å²) in [4.78, 5) is 2.12. The molecule has 0 aliphatic rings. The van der Waals surface area contributed by atoms with E-state index in [-0.39, 0.29) is 0 Å². The third kappa shape index (κ3) is 2.69. The quantitative estimate of drug-likeness (QED) is 0.727. The van der Waals surface area contributed by atoms with Crippen LogP contribution >= 0.6 is 12.2 Å². The van der Waals surface area contributed by atoms with Gasteiger partial charge in [-0.05, 0) is 25.3 Å². The lowest BCUT2D eigenvalue weighted by Gasteiger charge is -2.16. The number of rotatable bonds is 5. The molecule has 0 spiro atoms. The number of likely N-dealkylation sites (N-methyl/N-ethyl adjacent to an activating group) is 1. The van der Waals surface area contributed by atoms with Crippen molar-refractivity contribution < 1.29 is 0 Å². The average molecular weight is 198 g/mol. The van der Waals surface area contributed by atoms with Crippen LogP contribution in [0.3, 0.4) is 0 Å². The van der Waals surface area contributed by atoms with E-state index in [0.29, 0.717) is 4.77 Å². The fourth-order valence-corrected chi connectivity index (χ4v) is 1.24.